The van der Waals surface area contributed by atoms with E-state index in [4.69, 9.17) is 0 Å². The van der Waals surface area contributed by atoms with Gasteiger partial charge in [0.2, 0.25) is 0 Å². The van der Waals surface area contributed by atoms with Crippen molar-refractivity contribution in [2.75, 3.05) is 6.67 Å². The summed E-state index contributed by atoms with van der Waals surface area (Å²) in [6.07, 6.45) is 0. The van der Waals surface area contributed by atoms with Crippen molar-refractivity contribution in [1.82, 2.24) is 9.78 Å². The van der Waals surface area contributed by atoms with Crippen LogP contribution in [0.5, 0.6) is 0 Å². The van der Waals surface area contributed by atoms with Gasteiger partial charge in [0.25, 0.3) is 5.56 Å². The fourth-order valence-electron chi connectivity index (χ4n) is 0.798. The number of hydrogen-bond acceptors (Lipinski definition) is 4. The standard InChI is InChI=1S/C7H7FN2O3.K/c8-3-4-10-6(11)2-1-5(9-10)7(12)13;/h1-2H,3-4H2,(H,12,13);/q;+1/p-1. The van der Waals surface area contributed by atoms with Crippen molar-refractivity contribution in [2.24, 2.45) is 0 Å². The molecule has 1 aromatic heterocycles. The Hall–Kier alpha value is -0.0836. The molecule has 0 saturated carbocycles. The molecule has 0 fully saturated rings. The van der Waals surface area contributed by atoms with Crippen LogP contribution in [-0.2, 0) is 6.54 Å². The number of carbonyl (C=O) groups is 1. The Labute approximate surface area is 121 Å². The SMILES string of the molecule is O=C([O-])c1ccc(=O)n(CCF)n1.[K+]. The fourth-order valence-corrected chi connectivity index (χ4v) is 0.798. The monoisotopic (exact) mass is 224 g/mol. The summed E-state index contributed by atoms with van der Waals surface area (Å²) in [5, 5.41) is 13.6. The molecule has 1 heterocycles. The molecular weight excluding hydrogens is 218 g/mol. The van der Waals surface area contributed by atoms with E-state index < -0.39 is 18.2 Å². The third kappa shape index (κ3) is 3.58. The number of aryl methyl sites for hydroxylation is 1. The van der Waals surface area contributed by atoms with Crippen molar-refractivity contribution >= 4 is 5.97 Å². The maximum atomic E-state index is 11.8. The first-order valence-electron chi connectivity index (χ1n) is 3.50. The Bertz CT molecular complexity index is 379. The first-order chi connectivity index (χ1) is 6.15. The van der Waals surface area contributed by atoms with E-state index in [0.717, 1.165) is 16.8 Å². The number of carboxylic acid groups (broad SMARTS) is 1. The number of aromatic carboxylic acids is 1. The molecule has 7 heteroatoms. The van der Waals surface area contributed by atoms with Crippen LogP contribution in [0.25, 0.3) is 0 Å². The van der Waals surface area contributed by atoms with Crippen molar-refractivity contribution in [2.45, 2.75) is 6.54 Å². The minimum Gasteiger partial charge on any atom is -0.543 e. The van der Waals surface area contributed by atoms with E-state index in [1.165, 1.54) is 0 Å². The number of carboxylic acids is 1. The van der Waals surface area contributed by atoms with Crippen LogP contribution in [0, 0.1) is 0 Å². The van der Waals surface area contributed by atoms with Gasteiger partial charge in [0.05, 0.1) is 12.5 Å². The predicted octanol–water partition coefficient (Wildman–Crippen LogP) is -4.42. The van der Waals surface area contributed by atoms with Crippen LogP contribution in [0.3, 0.4) is 0 Å². The summed E-state index contributed by atoms with van der Waals surface area (Å²) in [5.74, 6) is -1.49. The average Bonchev–Trinajstić information content (AvgIpc) is 2.08. The van der Waals surface area contributed by atoms with Gasteiger partial charge in [-0.05, 0) is 6.07 Å². The van der Waals surface area contributed by atoms with Crippen molar-refractivity contribution in [3.63, 3.8) is 0 Å². The second-order valence-electron chi connectivity index (χ2n) is 2.26. The normalized spacial score (nSPS) is 9.21. The average molecular weight is 224 g/mol. The van der Waals surface area contributed by atoms with Crippen LogP contribution in [0.15, 0.2) is 16.9 Å². The molecule has 0 spiro atoms. The fraction of sp³-hybridized carbons (Fsp3) is 0.286. The summed E-state index contributed by atoms with van der Waals surface area (Å²) in [6.45, 7) is -1.02. The molecule has 0 atom stereocenters. The third-order valence-corrected chi connectivity index (χ3v) is 1.37. The number of rotatable bonds is 3. The molecule has 0 unspecified atom stereocenters. The van der Waals surface area contributed by atoms with Gasteiger partial charge in [-0.15, -0.1) is 0 Å². The number of aromatic nitrogens is 2. The third-order valence-electron chi connectivity index (χ3n) is 1.37. The second kappa shape index (κ2) is 6.41. The van der Waals surface area contributed by atoms with Crippen LogP contribution in [0.4, 0.5) is 4.39 Å². The van der Waals surface area contributed by atoms with Crippen LogP contribution in [0.2, 0.25) is 0 Å². The molecule has 0 N–H and O–H groups in total. The van der Waals surface area contributed by atoms with E-state index >= 15 is 0 Å². The van der Waals surface area contributed by atoms with E-state index in [1.807, 2.05) is 0 Å². The van der Waals surface area contributed by atoms with Crippen molar-refractivity contribution in [3.05, 3.63) is 28.2 Å². The molecule has 0 bridgehead atoms. The van der Waals surface area contributed by atoms with E-state index in [9.17, 15) is 19.1 Å². The molecule has 0 aliphatic rings. The van der Waals surface area contributed by atoms with Gasteiger partial charge in [0, 0.05) is 6.07 Å². The van der Waals surface area contributed by atoms with E-state index in [0.29, 0.717) is 0 Å². The number of carbonyl (C=O) groups excluding carboxylic acids is 1. The Morgan fingerprint density at radius 1 is 1.57 bits per heavy atom. The molecule has 14 heavy (non-hydrogen) atoms. The summed E-state index contributed by atoms with van der Waals surface area (Å²) >= 11 is 0. The summed E-state index contributed by atoms with van der Waals surface area (Å²) in [6, 6.07) is 2.03. The van der Waals surface area contributed by atoms with Gasteiger partial charge in [0.15, 0.2) is 0 Å². The van der Waals surface area contributed by atoms with Crippen molar-refractivity contribution in [1.29, 1.82) is 0 Å². The quantitative estimate of drug-likeness (QED) is 0.486. The molecule has 0 amide bonds. The molecule has 0 saturated heterocycles. The van der Waals surface area contributed by atoms with Gasteiger partial charge >= 0.3 is 51.4 Å². The zero-order valence-electron chi connectivity index (χ0n) is 7.57. The van der Waals surface area contributed by atoms with Crippen LogP contribution in [0.1, 0.15) is 10.5 Å². The summed E-state index contributed by atoms with van der Waals surface area (Å²) in [5.41, 5.74) is -0.921. The molecule has 0 radical (unpaired) electrons. The van der Waals surface area contributed by atoms with Gasteiger partial charge in [-0.1, -0.05) is 0 Å². The first-order valence-corrected chi connectivity index (χ1v) is 3.50. The maximum Gasteiger partial charge on any atom is 1.00 e. The van der Waals surface area contributed by atoms with Crippen LogP contribution < -0.4 is 62.1 Å². The summed E-state index contributed by atoms with van der Waals surface area (Å²) in [4.78, 5) is 21.2. The molecule has 0 aliphatic heterocycles. The van der Waals surface area contributed by atoms with Gasteiger partial charge in [0.1, 0.15) is 12.4 Å². The zero-order valence-corrected chi connectivity index (χ0v) is 10.7. The summed E-state index contributed by atoms with van der Waals surface area (Å²) < 4.78 is 12.6. The Morgan fingerprint density at radius 2 is 2.21 bits per heavy atom. The summed E-state index contributed by atoms with van der Waals surface area (Å²) in [7, 11) is 0. The molecule has 5 nitrogen and oxygen atoms in total. The topological polar surface area (TPSA) is 75.0 Å². The molecule has 0 aromatic carbocycles. The van der Waals surface area contributed by atoms with E-state index in [1.54, 1.807) is 0 Å². The minimum atomic E-state index is -1.49. The molecule has 0 aliphatic carbocycles. The molecule has 70 valence electrons. The smallest absolute Gasteiger partial charge is 0.543 e. The van der Waals surface area contributed by atoms with E-state index in [-0.39, 0.29) is 63.6 Å². The molecule has 1 rings (SSSR count). The Balaban J connectivity index is 0.00000169. The first kappa shape index (κ1) is 13.9. The largest absolute Gasteiger partial charge is 1.00 e. The van der Waals surface area contributed by atoms with Gasteiger partial charge in [-0.25, -0.2) is 9.07 Å². The maximum absolute atomic E-state index is 11.8. The van der Waals surface area contributed by atoms with Crippen LogP contribution in [-0.4, -0.2) is 22.4 Å². The number of hydrogen-bond donors (Lipinski definition) is 0. The van der Waals surface area contributed by atoms with Crippen LogP contribution >= 0.6 is 0 Å². The van der Waals surface area contributed by atoms with Gasteiger partial charge in [-0.2, -0.15) is 5.10 Å². The molecule has 1 aromatic rings. The van der Waals surface area contributed by atoms with Gasteiger partial charge < -0.3 is 9.90 Å². The molecular formula is C7H6FKN2O3. The Morgan fingerprint density at radius 3 is 2.71 bits per heavy atom. The number of alkyl halides is 1. The number of halogens is 1. The Kier molecular flexibility index (Phi) is 6.37. The van der Waals surface area contributed by atoms with E-state index in [2.05, 4.69) is 5.10 Å². The number of nitrogens with zero attached hydrogens (tertiary/aromatic N) is 2. The van der Waals surface area contributed by atoms with Crippen molar-refractivity contribution < 1.29 is 65.7 Å². The van der Waals surface area contributed by atoms with Crippen molar-refractivity contribution in [3.8, 4) is 0 Å². The predicted molar refractivity (Wildman–Crippen MR) is 38.8 cm³/mol. The van der Waals surface area contributed by atoms with Gasteiger partial charge in [-0.3, -0.25) is 4.79 Å². The minimum absolute atomic E-state index is 0. The zero-order chi connectivity index (χ0) is 9.84. The second-order valence-corrected chi connectivity index (χ2v) is 2.26.